The molecule has 0 saturated carbocycles. The lowest BCUT2D eigenvalue weighted by Crippen LogP contribution is -2.25. The highest BCUT2D eigenvalue weighted by Crippen LogP contribution is 2.10. The molecule has 116 valence electrons. The Hall–Kier alpha value is -1.88. The summed E-state index contributed by atoms with van der Waals surface area (Å²) in [5, 5.41) is 5.63. The van der Waals surface area contributed by atoms with Crippen LogP contribution in [-0.4, -0.2) is 32.1 Å². The van der Waals surface area contributed by atoms with E-state index >= 15 is 0 Å². The highest BCUT2D eigenvalue weighted by Gasteiger charge is 2.06. The quantitative estimate of drug-likeness (QED) is 0.687. The molecule has 5 nitrogen and oxygen atoms in total. The Morgan fingerprint density at radius 2 is 1.86 bits per heavy atom. The highest BCUT2D eigenvalue weighted by molar-refractivity contribution is 5.95. The molecule has 0 aliphatic rings. The number of hydrogen-bond acceptors (Lipinski definition) is 3. The third-order valence-corrected chi connectivity index (χ3v) is 3.00. The minimum absolute atomic E-state index is 0.00798. The first-order valence-electron chi connectivity index (χ1n) is 7.34. The normalized spacial score (nSPS) is 10.2. The first-order valence-corrected chi connectivity index (χ1v) is 7.34. The van der Waals surface area contributed by atoms with Crippen LogP contribution in [0.2, 0.25) is 0 Å². The molecule has 0 bridgehead atoms. The minimum Gasteiger partial charge on any atom is -0.385 e. The van der Waals surface area contributed by atoms with Gasteiger partial charge in [0.25, 0.3) is 5.91 Å². The first kappa shape index (κ1) is 17.2. The Morgan fingerprint density at radius 1 is 1.14 bits per heavy atom. The number of carbonyl (C=O) groups is 2. The molecule has 0 radical (unpaired) electrons. The summed E-state index contributed by atoms with van der Waals surface area (Å²) < 4.78 is 4.92. The maximum atomic E-state index is 11.8. The van der Waals surface area contributed by atoms with Crippen molar-refractivity contribution >= 4 is 17.5 Å². The van der Waals surface area contributed by atoms with Gasteiger partial charge in [-0.15, -0.1) is 0 Å². The van der Waals surface area contributed by atoms with Crippen LogP contribution in [0.15, 0.2) is 24.3 Å². The molecule has 0 atom stereocenters. The summed E-state index contributed by atoms with van der Waals surface area (Å²) in [6.07, 6.45) is 3.19. The van der Waals surface area contributed by atoms with Crippen molar-refractivity contribution in [3.05, 3.63) is 29.8 Å². The van der Waals surface area contributed by atoms with Crippen molar-refractivity contribution in [2.45, 2.75) is 32.6 Å². The molecule has 1 aromatic rings. The van der Waals surface area contributed by atoms with Crippen LogP contribution in [0.3, 0.4) is 0 Å². The summed E-state index contributed by atoms with van der Waals surface area (Å²) >= 11 is 0. The van der Waals surface area contributed by atoms with Crippen molar-refractivity contribution in [1.29, 1.82) is 0 Å². The van der Waals surface area contributed by atoms with Gasteiger partial charge in [-0.25, -0.2) is 0 Å². The summed E-state index contributed by atoms with van der Waals surface area (Å²) in [7, 11) is 1.63. The van der Waals surface area contributed by atoms with E-state index < -0.39 is 0 Å². The Kier molecular flexibility index (Phi) is 8.12. The SMILES string of the molecule is CCCCC(=O)Nc1ccc(C(=O)NCCCOC)cc1. The topological polar surface area (TPSA) is 67.4 Å². The fraction of sp³-hybridized carbons (Fsp3) is 0.500. The molecule has 0 unspecified atom stereocenters. The lowest BCUT2D eigenvalue weighted by atomic mass is 10.2. The zero-order valence-corrected chi connectivity index (χ0v) is 12.8. The Morgan fingerprint density at radius 3 is 2.48 bits per heavy atom. The summed E-state index contributed by atoms with van der Waals surface area (Å²) in [5.74, 6) is -0.108. The molecule has 0 aliphatic heterocycles. The van der Waals surface area contributed by atoms with Gasteiger partial charge in [0.1, 0.15) is 0 Å². The smallest absolute Gasteiger partial charge is 0.251 e. The van der Waals surface area contributed by atoms with Gasteiger partial charge in [0.15, 0.2) is 0 Å². The summed E-state index contributed by atoms with van der Waals surface area (Å²) in [6, 6.07) is 6.91. The molecule has 0 aromatic heterocycles. The molecule has 0 saturated heterocycles. The number of hydrogen-bond donors (Lipinski definition) is 2. The number of benzene rings is 1. The molecule has 1 aromatic carbocycles. The maximum Gasteiger partial charge on any atom is 0.251 e. The van der Waals surface area contributed by atoms with E-state index in [9.17, 15) is 9.59 Å². The van der Waals surface area contributed by atoms with E-state index in [0.717, 1.165) is 19.3 Å². The average molecular weight is 292 g/mol. The van der Waals surface area contributed by atoms with E-state index in [1.54, 1.807) is 31.4 Å². The third kappa shape index (κ3) is 6.90. The van der Waals surface area contributed by atoms with Gasteiger partial charge >= 0.3 is 0 Å². The summed E-state index contributed by atoms with van der Waals surface area (Å²) in [4.78, 5) is 23.4. The molecule has 0 heterocycles. The van der Waals surface area contributed by atoms with E-state index in [4.69, 9.17) is 4.74 Å². The van der Waals surface area contributed by atoms with E-state index in [0.29, 0.717) is 30.8 Å². The van der Waals surface area contributed by atoms with E-state index in [1.807, 2.05) is 6.92 Å². The second-order valence-electron chi connectivity index (χ2n) is 4.83. The number of ether oxygens (including phenoxy) is 1. The standard InChI is InChI=1S/C16H24N2O3/c1-3-4-6-15(19)18-14-9-7-13(8-10-14)16(20)17-11-5-12-21-2/h7-10H,3-6,11-12H2,1-2H3,(H,17,20)(H,18,19). The van der Waals surface area contributed by atoms with Crippen molar-refractivity contribution in [3.8, 4) is 0 Å². The molecule has 0 aliphatic carbocycles. The van der Waals surface area contributed by atoms with Gasteiger partial charge < -0.3 is 15.4 Å². The molecule has 2 amide bonds. The van der Waals surface area contributed by atoms with Crippen LogP contribution in [0, 0.1) is 0 Å². The van der Waals surface area contributed by atoms with E-state index in [2.05, 4.69) is 10.6 Å². The average Bonchev–Trinajstić information content (AvgIpc) is 2.50. The second kappa shape index (κ2) is 9.94. The largest absolute Gasteiger partial charge is 0.385 e. The van der Waals surface area contributed by atoms with Crippen LogP contribution in [0.25, 0.3) is 0 Å². The predicted molar refractivity (Wildman–Crippen MR) is 83.4 cm³/mol. The van der Waals surface area contributed by atoms with Gasteiger partial charge in [0, 0.05) is 37.9 Å². The number of amides is 2. The fourth-order valence-corrected chi connectivity index (χ4v) is 1.79. The van der Waals surface area contributed by atoms with Crippen LogP contribution in [-0.2, 0) is 9.53 Å². The maximum absolute atomic E-state index is 11.8. The molecule has 5 heteroatoms. The molecular formula is C16H24N2O3. The van der Waals surface area contributed by atoms with Crippen molar-refractivity contribution in [2.24, 2.45) is 0 Å². The van der Waals surface area contributed by atoms with Crippen LogP contribution in [0.4, 0.5) is 5.69 Å². The lowest BCUT2D eigenvalue weighted by Gasteiger charge is -2.07. The van der Waals surface area contributed by atoms with E-state index in [-0.39, 0.29) is 11.8 Å². The number of rotatable bonds is 9. The predicted octanol–water partition coefficient (Wildman–Crippen LogP) is 2.58. The Bertz CT molecular complexity index is 443. The van der Waals surface area contributed by atoms with E-state index in [1.165, 1.54) is 0 Å². The molecule has 0 fully saturated rings. The molecule has 21 heavy (non-hydrogen) atoms. The van der Waals surface area contributed by atoms with Gasteiger partial charge in [-0.1, -0.05) is 13.3 Å². The van der Waals surface area contributed by atoms with Gasteiger partial charge in [-0.05, 0) is 37.1 Å². The van der Waals surface area contributed by atoms with Crippen LogP contribution < -0.4 is 10.6 Å². The molecule has 1 rings (SSSR count). The number of anilines is 1. The number of nitrogens with one attached hydrogen (secondary N) is 2. The summed E-state index contributed by atoms with van der Waals surface area (Å²) in [5.41, 5.74) is 1.30. The van der Waals surface area contributed by atoms with Gasteiger partial charge in [-0.2, -0.15) is 0 Å². The highest BCUT2D eigenvalue weighted by atomic mass is 16.5. The fourth-order valence-electron chi connectivity index (χ4n) is 1.79. The minimum atomic E-state index is -0.116. The van der Waals surface area contributed by atoms with Gasteiger partial charge in [-0.3, -0.25) is 9.59 Å². The Balaban J connectivity index is 2.42. The molecule has 2 N–H and O–H groups in total. The van der Waals surface area contributed by atoms with Gasteiger partial charge in [0.05, 0.1) is 0 Å². The van der Waals surface area contributed by atoms with Crippen molar-refractivity contribution < 1.29 is 14.3 Å². The zero-order chi connectivity index (χ0) is 15.5. The third-order valence-electron chi connectivity index (χ3n) is 3.00. The van der Waals surface area contributed by atoms with Crippen LogP contribution in [0.1, 0.15) is 43.0 Å². The molecular weight excluding hydrogens is 268 g/mol. The van der Waals surface area contributed by atoms with Crippen LogP contribution >= 0.6 is 0 Å². The first-order chi connectivity index (χ1) is 10.2. The van der Waals surface area contributed by atoms with Gasteiger partial charge in [0.2, 0.25) is 5.91 Å². The van der Waals surface area contributed by atoms with Crippen molar-refractivity contribution in [3.63, 3.8) is 0 Å². The van der Waals surface area contributed by atoms with Crippen molar-refractivity contribution in [1.82, 2.24) is 5.32 Å². The summed E-state index contributed by atoms with van der Waals surface area (Å²) in [6.45, 7) is 3.26. The number of carbonyl (C=O) groups excluding carboxylic acids is 2. The number of unbranched alkanes of at least 4 members (excludes halogenated alkanes) is 1. The molecule has 0 spiro atoms. The van der Waals surface area contributed by atoms with Crippen LogP contribution in [0.5, 0.6) is 0 Å². The second-order valence-corrected chi connectivity index (χ2v) is 4.83. The monoisotopic (exact) mass is 292 g/mol. The van der Waals surface area contributed by atoms with Crippen molar-refractivity contribution in [2.75, 3.05) is 25.6 Å². The zero-order valence-electron chi connectivity index (χ0n) is 12.8. The Labute approximate surface area is 126 Å². The lowest BCUT2D eigenvalue weighted by molar-refractivity contribution is -0.116. The number of methoxy groups -OCH3 is 1.